The highest BCUT2D eigenvalue weighted by atomic mass is 16.5. The molecule has 1 aromatic carbocycles. The molecule has 0 spiro atoms. The van der Waals surface area contributed by atoms with Gasteiger partial charge in [0.15, 0.2) is 6.61 Å². The van der Waals surface area contributed by atoms with Crippen LogP contribution in [0.2, 0.25) is 0 Å². The van der Waals surface area contributed by atoms with Gasteiger partial charge in [-0.2, -0.15) is 0 Å². The quantitative estimate of drug-likeness (QED) is 0.660. The molecule has 2 saturated carbocycles. The molecule has 0 radical (unpaired) electrons. The molecular formula is C26H39NO3. The monoisotopic (exact) mass is 413 g/mol. The Bertz CT molecular complexity index is 767. The molecule has 4 heteroatoms. The van der Waals surface area contributed by atoms with E-state index in [4.69, 9.17) is 4.74 Å². The second-order valence-electron chi connectivity index (χ2n) is 11.6. The van der Waals surface area contributed by atoms with Gasteiger partial charge in [-0.25, -0.2) is 4.79 Å². The number of hydrogen-bond acceptors (Lipinski definition) is 3. The average molecular weight is 414 g/mol. The molecule has 2 fully saturated rings. The Morgan fingerprint density at radius 1 is 1.00 bits per heavy atom. The first-order valence-corrected chi connectivity index (χ1v) is 11.5. The minimum Gasteiger partial charge on any atom is -0.452 e. The second kappa shape index (κ2) is 8.36. The number of carbonyl (C=O) groups excluding carboxylic acids is 2. The normalized spacial score (nSPS) is 24.6. The molecule has 0 unspecified atom stereocenters. The van der Waals surface area contributed by atoms with Crippen LogP contribution in [0, 0.1) is 17.8 Å². The maximum absolute atomic E-state index is 12.8. The van der Waals surface area contributed by atoms with Gasteiger partial charge in [-0.15, -0.1) is 0 Å². The van der Waals surface area contributed by atoms with Gasteiger partial charge in [-0.3, -0.25) is 4.79 Å². The minimum absolute atomic E-state index is 0.0796. The smallest absolute Gasteiger partial charge is 0.338 e. The Balaban J connectivity index is 1.62. The van der Waals surface area contributed by atoms with Crippen molar-refractivity contribution in [1.29, 1.82) is 0 Å². The third kappa shape index (κ3) is 5.25. The Morgan fingerprint density at radius 3 is 2.07 bits per heavy atom. The van der Waals surface area contributed by atoms with Gasteiger partial charge in [0.05, 0.1) is 5.56 Å². The zero-order valence-corrected chi connectivity index (χ0v) is 19.8. The summed E-state index contributed by atoms with van der Waals surface area (Å²) in [4.78, 5) is 25.2. The van der Waals surface area contributed by atoms with Crippen molar-refractivity contribution in [1.82, 2.24) is 5.32 Å². The summed E-state index contributed by atoms with van der Waals surface area (Å²) >= 11 is 0. The van der Waals surface area contributed by atoms with Crippen LogP contribution < -0.4 is 5.32 Å². The number of fused-ring (bicyclic) bond motifs is 2. The molecule has 0 aromatic heterocycles. The number of hydrogen-bond donors (Lipinski definition) is 1. The second-order valence-corrected chi connectivity index (χ2v) is 11.6. The third-order valence-electron chi connectivity index (χ3n) is 7.06. The molecule has 2 aliphatic carbocycles. The molecule has 4 atom stereocenters. The van der Waals surface area contributed by atoms with E-state index < -0.39 is 5.97 Å². The Labute approximate surface area is 182 Å². The largest absolute Gasteiger partial charge is 0.452 e. The van der Waals surface area contributed by atoms with Gasteiger partial charge in [0, 0.05) is 6.04 Å². The van der Waals surface area contributed by atoms with Crippen LogP contribution >= 0.6 is 0 Å². The fourth-order valence-corrected chi connectivity index (χ4v) is 5.13. The van der Waals surface area contributed by atoms with E-state index in [2.05, 4.69) is 59.8 Å². The first kappa shape index (κ1) is 22.8. The summed E-state index contributed by atoms with van der Waals surface area (Å²) in [7, 11) is 0. The van der Waals surface area contributed by atoms with Crippen LogP contribution in [0.5, 0.6) is 0 Å². The molecule has 0 heterocycles. The van der Waals surface area contributed by atoms with Crippen LogP contribution in [0.25, 0.3) is 0 Å². The molecule has 0 saturated heterocycles. The number of rotatable bonds is 5. The van der Waals surface area contributed by atoms with Crippen LogP contribution in [0.1, 0.15) is 95.6 Å². The number of carbonyl (C=O) groups is 2. The van der Waals surface area contributed by atoms with Gasteiger partial charge in [0.25, 0.3) is 5.91 Å². The zero-order chi connectivity index (χ0) is 22.3. The van der Waals surface area contributed by atoms with Crippen molar-refractivity contribution < 1.29 is 14.3 Å². The van der Waals surface area contributed by atoms with E-state index in [1.54, 1.807) is 0 Å². The lowest BCUT2D eigenvalue weighted by Gasteiger charge is -2.28. The van der Waals surface area contributed by atoms with Crippen LogP contribution in [-0.4, -0.2) is 24.5 Å². The fourth-order valence-electron chi connectivity index (χ4n) is 5.13. The minimum atomic E-state index is -0.436. The summed E-state index contributed by atoms with van der Waals surface area (Å²) in [6, 6.07) is 6.10. The van der Waals surface area contributed by atoms with E-state index in [9.17, 15) is 9.59 Å². The molecule has 1 N–H and O–H groups in total. The molecule has 2 aliphatic rings. The molecule has 1 amide bonds. The summed E-state index contributed by atoms with van der Waals surface area (Å²) in [5.41, 5.74) is 2.54. The summed E-state index contributed by atoms with van der Waals surface area (Å²) in [5.74, 6) is 1.53. The fraction of sp³-hybridized carbons (Fsp3) is 0.692. The lowest BCUT2D eigenvalue weighted by Crippen LogP contribution is -2.42. The maximum Gasteiger partial charge on any atom is 0.338 e. The predicted octanol–water partition coefficient (Wildman–Crippen LogP) is 5.38. The molecule has 0 aliphatic heterocycles. The third-order valence-corrected chi connectivity index (χ3v) is 7.06. The lowest BCUT2D eigenvalue weighted by atomic mass is 9.79. The highest BCUT2D eigenvalue weighted by Gasteiger charge is 2.42. The number of benzene rings is 1. The maximum atomic E-state index is 12.8. The average Bonchev–Trinajstić information content (AvgIpc) is 3.27. The summed E-state index contributed by atoms with van der Waals surface area (Å²) in [6.07, 6.45) is 5.19. The predicted molar refractivity (Wildman–Crippen MR) is 121 cm³/mol. The van der Waals surface area contributed by atoms with Crippen molar-refractivity contribution in [2.45, 2.75) is 91.0 Å². The molecular weight excluding hydrogens is 374 g/mol. The van der Waals surface area contributed by atoms with E-state index in [-0.39, 0.29) is 29.4 Å². The van der Waals surface area contributed by atoms with Gasteiger partial charge in [0.1, 0.15) is 0 Å². The summed E-state index contributed by atoms with van der Waals surface area (Å²) in [5, 5.41) is 3.07. The van der Waals surface area contributed by atoms with Crippen molar-refractivity contribution in [3.05, 3.63) is 34.9 Å². The van der Waals surface area contributed by atoms with E-state index in [1.807, 2.05) is 12.1 Å². The van der Waals surface area contributed by atoms with E-state index in [0.29, 0.717) is 11.5 Å². The number of esters is 1. The van der Waals surface area contributed by atoms with Gasteiger partial charge >= 0.3 is 5.97 Å². The highest BCUT2D eigenvalue weighted by Crippen LogP contribution is 2.49. The molecule has 4 nitrogen and oxygen atoms in total. The zero-order valence-electron chi connectivity index (χ0n) is 19.8. The van der Waals surface area contributed by atoms with Crippen molar-refractivity contribution in [2.24, 2.45) is 17.8 Å². The lowest BCUT2D eigenvalue weighted by molar-refractivity contribution is -0.125. The van der Waals surface area contributed by atoms with Crippen molar-refractivity contribution in [2.75, 3.05) is 6.61 Å². The summed E-state index contributed by atoms with van der Waals surface area (Å²) in [6.45, 7) is 14.7. The summed E-state index contributed by atoms with van der Waals surface area (Å²) < 4.78 is 5.40. The molecule has 30 heavy (non-hydrogen) atoms. The van der Waals surface area contributed by atoms with E-state index in [1.165, 1.54) is 25.7 Å². The van der Waals surface area contributed by atoms with E-state index >= 15 is 0 Å². The van der Waals surface area contributed by atoms with Crippen LogP contribution in [0.15, 0.2) is 18.2 Å². The van der Waals surface area contributed by atoms with Crippen molar-refractivity contribution in [3.8, 4) is 0 Å². The molecule has 2 bridgehead atoms. The van der Waals surface area contributed by atoms with Gasteiger partial charge in [-0.05, 0) is 78.0 Å². The van der Waals surface area contributed by atoms with Gasteiger partial charge < -0.3 is 10.1 Å². The topological polar surface area (TPSA) is 55.4 Å². The van der Waals surface area contributed by atoms with Crippen LogP contribution in [-0.2, 0) is 20.4 Å². The van der Waals surface area contributed by atoms with Crippen molar-refractivity contribution >= 4 is 11.9 Å². The molecule has 3 rings (SSSR count). The first-order chi connectivity index (χ1) is 13.8. The van der Waals surface area contributed by atoms with Gasteiger partial charge in [-0.1, -0.05) is 54.0 Å². The van der Waals surface area contributed by atoms with Crippen LogP contribution in [0.3, 0.4) is 0 Å². The van der Waals surface area contributed by atoms with Crippen LogP contribution in [0.4, 0.5) is 0 Å². The Hall–Kier alpha value is -1.84. The van der Waals surface area contributed by atoms with Crippen molar-refractivity contribution in [3.63, 3.8) is 0 Å². The number of nitrogens with one attached hydrogen (secondary N) is 1. The van der Waals surface area contributed by atoms with Gasteiger partial charge in [0.2, 0.25) is 0 Å². The molecule has 1 aromatic rings. The number of ether oxygens (including phenoxy) is 1. The SMILES string of the molecule is C[C@@H](NC(=O)COC(=O)c1cc(C(C)(C)C)cc(C(C)(C)C)c1)[C@H]1C[C@H]2CC[C@H]1C2. The molecule has 166 valence electrons. The Kier molecular flexibility index (Phi) is 6.36. The Morgan fingerprint density at radius 2 is 1.60 bits per heavy atom. The standard InChI is InChI=1S/C26H39NO3/c1-16(22-11-17-8-9-18(22)10-17)27-23(28)15-30-24(29)19-12-20(25(2,3)4)14-21(13-19)26(5,6)7/h12-14,16-18,22H,8-11,15H2,1-7H3,(H,27,28)/t16-,17+,18+,22-/m1/s1. The highest BCUT2D eigenvalue weighted by molar-refractivity contribution is 5.92. The number of amides is 1. The van der Waals surface area contributed by atoms with E-state index in [0.717, 1.165) is 23.0 Å². The first-order valence-electron chi connectivity index (χ1n) is 11.5.